The van der Waals surface area contributed by atoms with E-state index in [-0.39, 0.29) is 23.1 Å². The van der Waals surface area contributed by atoms with Crippen molar-refractivity contribution in [2.24, 2.45) is 5.41 Å². The Hall–Kier alpha value is -2.15. The molecule has 0 unspecified atom stereocenters. The average molecular weight is 347 g/mol. The fourth-order valence-electron chi connectivity index (χ4n) is 3.93. The summed E-state index contributed by atoms with van der Waals surface area (Å²) in [6.07, 6.45) is 3.30. The molecule has 2 fully saturated rings. The number of aromatic amines is 1. The third kappa shape index (κ3) is 3.61. The second-order valence-corrected chi connectivity index (χ2v) is 6.93. The fraction of sp³-hybridized carbons (Fsp3) is 0.611. The van der Waals surface area contributed by atoms with Crippen LogP contribution in [0.15, 0.2) is 23.0 Å². The van der Waals surface area contributed by atoms with Crippen LogP contribution in [0.1, 0.15) is 36.2 Å². The number of nitrogens with zero attached hydrogens (tertiary/aromatic N) is 2. The van der Waals surface area contributed by atoms with E-state index in [1.165, 1.54) is 6.07 Å². The molecule has 7 heteroatoms. The van der Waals surface area contributed by atoms with Crippen LogP contribution in [0.2, 0.25) is 0 Å². The quantitative estimate of drug-likeness (QED) is 0.801. The summed E-state index contributed by atoms with van der Waals surface area (Å²) in [5, 5.41) is 0. The standard InChI is InChI=1S/C18H25N3O4/c1-25-12-4-10-20-9-3-7-18(17(20)24)8-11-21(13-18)16(23)14-5-2-6-15(22)19-14/h2,5-6H,3-4,7-13H2,1H3,(H,19,22)/t18-/m0/s1. The molecule has 0 radical (unpaired) electrons. The molecule has 25 heavy (non-hydrogen) atoms. The number of carbonyl (C=O) groups excluding carboxylic acids is 2. The third-order valence-electron chi connectivity index (χ3n) is 5.24. The molecular formula is C18H25N3O4. The van der Waals surface area contributed by atoms with Crippen LogP contribution in [-0.4, -0.2) is 66.5 Å². The number of likely N-dealkylation sites (tertiary alicyclic amines) is 2. The highest BCUT2D eigenvalue weighted by Crippen LogP contribution is 2.40. The fourth-order valence-corrected chi connectivity index (χ4v) is 3.93. The molecule has 0 aromatic carbocycles. The number of rotatable bonds is 5. The van der Waals surface area contributed by atoms with Crippen LogP contribution in [-0.2, 0) is 9.53 Å². The number of H-pyrrole nitrogens is 1. The van der Waals surface area contributed by atoms with Gasteiger partial charge in [-0.05, 0) is 31.7 Å². The lowest BCUT2D eigenvalue weighted by Gasteiger charge is -2.39. The maximum absolute atomic E-state index is 13.0. The first-order chi connectivity index (χ1) is 12.1. The lowest BCUT2D eigenvalue weighted by atomic mass is 9.78. The molecule has 3 heterocycles. The van der Waals surface area contributed by atoms with Gasteiger partial charge < -0.3 is 19.5 Å². The van der Waals surface area contributed by atoms with E-state index in [9.17, 15) is 14.4 Å². The van der Waals surface area contributed by atoms with Crippen molar-refractivity contribution in [3.8, 4) is 0 Å². The van der Waals surface area contributed by atoms with Crippen molar-refractivity contribution in [2.75, 3.05) is 39.9 Å². The number of hydrogen-bond donors (Lipinski definition) is 1. The molecule has 2 aliphatic rings. The van der Waals surface area contributed by atoms with Crippen molar-refractivity contribution in [3.05, 3.63) is 34.2 Å². The Morgan fingerprint density at radius 1 is 1.28 bits per heavy atom. The minimum absolute atomic E-state index is 0.159. The molecule has 1 N–H and O–H groups in total. The number of methoxy groups -OCH3 is 1. The van der Waals surface area contributed by atoms with Gasteiger partial charge in [0.05, 0.1) is 5.41 Å². The van der Waals surface area contributed by atoms with E-state index in [4.69, 9.17) is 4.74 Å². The summed E-state index contributed by atoms with van der Waals surface area (Å²) in [4.78, 5) is 43.2. The molecule has 2 aliphatic heterocycles. The number of hydrogen-bond acceptors (Lipinski definition) is 4. The molecule has 1 spiro atoms. The second kappa shape index (κ2) is 7.39. The van der Waals surface area contributed by atoms with Crippen molar-refractivity contribution in [2.45, 2.75) is 25.7 Å². The molecule has 1 aromatic rings. The highest BCUT2D eigenvalue weighted by atomic mass is 16.5. The number of aromatic nitrogens is 1. The van der Waals surface area contributed by atoms with E-state index in [1.54, 1.807) is 24.1 Å². The van der Waals surface area contributed by atoms with Crippen LogP contribution in [0.3, 0.4) is 0 Å². The predicted molar refractivity (Wildman–Crippen MR) is 92.3 cm³/mol. The number of pyridine rings is 1. The molecule has 0 aliphatic carbocycles. The van der Waals surface area contributed by atoms with E-state index in [0.717, 1.165) is 25.8 Å². The number of carbonyl (C=O) groups is 2. The Morgan fingerprint density at radius 3 is 2.88 bits per heavy atom. The first kappa shape index (κ1) is 17.7. The molecule has 2 amide bonds. The summed E-state index contributed by atoms with van der Waals surface area (Å²) in [7, 11) is 1.66. The topological polar surface area (TPSA) is 82.7 Å². The SMILES string of the molecule is COCCCN1CCC[C@@]2(CCN(C(=O)c3cccc(=O)[nH]3)C2)C1=O. The third-order valence-corrected chi connectivity index (χ3v) is 5.24. The molecule has 0 saturated carbocycles. The van der Waals surface area contributed by atoms with Gasteiger partial charge in [-0.2, -0.15) is 0 Å². The highest BCUT2D eigenvalue weighted by Gasteiger charge is 2.49. The zero-order chi connectivity index (χ0) is 17.9. The van der Waals surface area contributed by atoms with Gasteiger partial charge in [-0.25, -0.2) is 0 Å². The van der Waals surface area contributed by atoms with Crippen molar-refractivity contribution < 1.29 is 14.3 Å². The van der Waals surface area contributed by atoms with E-state index in [1.807, 2.05) is 4.90 Å². The molecule has 2 saturated heterocycles. The van der Waals surface area contributed by atoms with Crippen LogP contribution in [0.5, 0.6) is 0 Å². The molecular weight excluding hydrogens is 322 g/mol. The smallest absolute Gasteiger partial charge is 0.270 e. The molecule has 7 nitrogen and oxygen atoms in total. The van der Waals surface area contributed by atoms with Gasteiger partial charge in [0.25, 0.3) is 5.91 Å². The lowest BCUT2D eigenvalue weighted by molar-refractivity contribution is -0.145. The largest absolute Gasteiger partial charge is 0.385 e. The summed E-state index contributed by atoms with van der Waals surface area (Å²) < 4.78 is 5.07. The maximum atomic E-state index is 13.0. The van der Waals surface area contributed by atoms with Crippen LogP contribution in [0.25, 0.3) is 0 Å². The van der Waals surface area contributed by atoms with Crippen molar-refractivity contribution in [3.63, 3.8) is 0 Å². The van der Waals surface area contributed by atoms with Crippen molar-refractivity contribution in [1.29, 1.82) is 0 Å². The van der Waals surface area contributed by atoms with Gasteiger partial charge in [0, 0.05) is 46.0 Å². The van der Waals surface area contributed by atoms with Crippen LogP contribution in [0.4, 0.5) is 0 Å². The lowest BCUT2D eigenvalue weighted by Crippen LogP contribution is -2.50. The van der Waals surface area contributed by atoms with Crippen molar-refractivity contribution in [1.82, 2.24) is 14.8 Å². The zero-order valence-corrected chi connectivity index (χ0v) is 14.6. The summed E-state index contributed by atoms with van der Waals surface area (Å²) in [6, 6.07) is 4.56. The average Bonchev–Trinajstić information content (AvgIpc) is 3.03. The molecule has 136 valence electrons. The number of amides is 2. The monoisotopic (exact) mass is 347 g/mol. The van der Waals surface area contributed by atoms with Gasteiger partial charge >= 0.3 is 0 Å². The maximum Gasteiger partial charge on any atom is 0.270 e. The summed E-state index contributed by atoms with van der Waals surface area (Å²) in [5.41, 5.74) is -0.474. The number of piperidine rings is 1. The minimum Gasteiger partial charge on any atom is -0.385 e. The Labute approximate surface area is 147 Å². The van der Waals surface area contributed by atoms with Crippen LogP contribution >= 0.6 is 0 Å². The Bertz CT molecular complexity index is 702. The Balaban J connectivity index is 1.68. The number of ether oxygens (including phenoxy) is 1. The first-order valence-electron chi connectivity index (χ1n) is 8.83. The minimum atomic E-state index is -0.462. The number of nitrogens with one attached hydrogen (secondary N) is 1. The summed E-state index contributed by atoms with van der Waals surface area (Å²) in [5.74, 6) is -0.0504. The Morgan fingerprint density at radius 2 is 2.12 bits per heavy atom. The summed E-state index contributed by atoms with van der Waals surface area (Å²) in [6.45, 7) is 3.11. The highest BCUT2D eigenvalue weighted by molar-refractivity contribution is 5.93. The van der Waals surface area contributed by atoms with Gasteiger partial charge in [-0.3, -0.25) is 14.4 Å². The normalized spacial score (nSPS) is 23.5. The van der Waals surface area contributed by atoms with E-state index in [0.29, 0.717) is 32.7 Å². The van der Waals surface area contributed by atoms with E-state index in [2.05, 4.69) is 4.98 Å². The predicted octanol–water partition coefficient (Wildman–Crippen LogP) is 0.866. The zero-order valence-electron chi connectivity index (χ0n) is 14.6. The van der Waals surface area contributed by atoms with Gasteiger partial charge in [0.15, 0.2) is 0 Å². The van der Waals surface area contributed by atoms with Crippen molar-refractivity contribution >= 4 is 11.8 Å². The van der Waals surface area contributed by atoms with Gasteiger partial charge in [-0.1, -0.05) is 6.07 Å². The molecule has 1 atom stereocenters. The molecule has 1 aromatic heterocycles. The molecule has 3 rings (SSSR count). The van der Waals surface area contributed by atoms with Gasteiger partial charge in [0.1, 0.15) is 5.69 Å². The van der Waals surface area contributed by atoms with Crippen LogP contribution in [0, 0.1) is 5.41 Å². The summed E-state index contributed by atoms with van der Waals surface area (Å²) >= 11 is 0. The van der Waals surface area contributed by atoms with Crippen LogP contribution < -0.4 is 5.56 Å². The van der Waals surface area contributed by atoms with E-state index >= 15 is 0 Å². The second-order valence-electron chi connectivity index (χ2n) is 6.93. The molecule has 0 bridgehead atoms. The van der Waals surface area contributed by atoms with Gasteiger partial charge in [0.2, 0.25) is 11.5 Å². The van der Waals surface area contributed by atoms with Gasteiger partial charge in [-0.15, -0.1) is 0 Å². The first-order valence-corrected chi connectivity index (χ1v) is 8.83. The Kier molecular flexibility index (Phi) is 5.22. The van der Waals surface area contributed by atoms with E-state index < -0.39 is 5.41 Å².